The molecular formula is C23H26FN5O2. The zero-order valence-electron chi connectivity index (χ0n) is 17.8. The number of likely N-dealkylation sites (N-methyl/N-ethyl adjacent to an activating group) is 2. The Hall–Kier alpha value is -3.39. The van der Waals surface area contributed by atoms with Crippen LogP contribution in [0.15, 0.2) is 48.5 Å². The van der Waals surface area contributed by atoms with Gasteiger partial charge in [-0.3, -0.25) is 0 Å². The number of fused-ring (bicyclic) bond motifs is 1. The Balaban J connectivity index is 1.38. The lowest BCUT2D eigenvalue weighted by molar-refractivity contribution is 0.177. The molecule has 0 saturated heterocycles. The molecule has 7 nitrogen and oxygen atoms in total. The lowest BCUT2D eigenvalue weighted by atomic mass is 10.2. The van der Waals surface area contributed by atoms with Crippen molar-refractivity contribution in [3.05, 3.63) is 71.2 Å². The van der Waals surface area contributed by atoms with Crippen molar-refractivity contribution in [1.82, 2.24) is 9.97 Å². The zero-order chi connectivity index (χ0) is 22.0. The third kappa shape index (κ3) is 4.69. The number of β-amino-alcohol motifs (C(OH)–C–C–N with tert-alkyl or cyclic N) is 1. The molecule has 1 unspecified atom stereocenters. The van der Waals surface area contributed by atoms with Crippen LogP contribution in [0.4, 0.5) is 21.8 Å². The normalized spacial score (nSPS) is 15.6. The molecule has 0 bridgehead atoms. The first-order chi connectivity index (χ1) is 14.9. The van der Waals surface area contributed by atoms with Crippen molar-refractivity contribution in [2.45, 2.75) is 26.3 Å². The van der Waals surface area contributed by atoms with Crippen LogP contribution in [0.2, 0.25) is 0 Å². The number of ether oxygens (including phenoxy) is 1. The first-order valence-electron chi connectivity index (χ1n) is 10.1. The number of benzene rings is 2. The van der Waals surface area contributed by atoms with Gasteiger partial charge in [0.2, 0.25) is 5.95 Å². The summed E-state index contributed by atoms with van der Waals surface area (Å²) in [4.78, 5) is 12.9. The second-order valence-electron chi connectivity index (χ2n) is 7.69. The summed E-state index contributed by atoms with van der Waals surface area (Å²) < 4.78 is 18.7. The number of aryl methyl sites for hydroxylation is 1. The summed E-state index contributed by atoms with van der Waals surface area (Å²) in [7, 11) is 3.76. The number of halogens is 1. The molecule has 0 spiro atoms. The van der Waals surface area contributed by atoms with Crippen LogP contribution in [0.1, 0.15) is 16.8 Å². The second kappa shape index (κ2) is 8.77. The number of hydrogen-bond donors (Lipinski definition) is 2. The highest BCUT2D eigenvalue weighted by Crippen LogP contribution is 2.34. The summed E-state index contributed by atoms with van der Waals surface area (Å²) in [6.45, 7) is 3.36. The van der Waals surface area contributed by atoms with Gasteiger partial charge in [0, 0.05) is 20.6 Å². The Morgan fingerprint density at radius 1 is 1.06 bits per heavy atom. The van der Waals surface area contributed by atoms with Gasteiger partial charge in [0.05, 0.1) is 12.2 Å². The molecule has 1 aromatic heterocycles. The number of aliphatic hydroxyl groups excluding tert-OH is 1. The number of aliphatic hydroxyl groups is 1. The molecule has 3 aromatic rings. The van der Waals surface area contributed by atoms with Crippen molar-refractivity contribution in [1.29, 1.82) is 0 Å². The molecular weight excluding hydrogens is 397 g/mol. The Kier molecular flexibility index (Phi) is 5.90. The minimum atomic E-state index is -0.581. The molecule has 4 rings (SSSR count). The Morgan fingerprint density at radius 3 is 2.45 bits per heavy atom. The molecule has 2 aromatic carbocycles. The molecule has 0 fully saturated rings. The van der Waals surface area contributed by atoms with Crippen LogP contribution in [0.25, 0.3) is 0 Å². The quantitative estimate of drug-likeness (QED) is 0.630. The highest BCUT2D eigenvalue weighted by molar-refractivity contribution is 5.73. The van der Waals surface area contributed by atoms with E-state index in [1.54, 1.807) is 17.0 Å². The van der Waals surface area contributed by atoms with E-state index in [0.29, 0.717) is 25.6 Å². The number of aromatic nitrogens is 2. The maximum absolute atomic E-state index is 13.0. The summed E-state index contributed by atoms with van der Waals surface area (Å²) >= 11 is 0. The fraction of sp³-hybridized carbons (Fsp3) is 0.304. The maximum Gasteiger partial charge on any atom is 0.225 e. The van der Waals surface area contributed by atoms with Gasteiger partial charge in [-0.1, -0.05) is 24.3 Å². The number of nitrogens with one attached hydrogen (secondary N) is 1. The van der Waals surface area contributed by atoms with Crippen LogP contribution in [0.3, 0.4) is 0 Å². The van der Waals surface area contributed by atoms with E-state index in [9.17, 15) is 9.50 Å². The molecule has 162 valence electrons. The zero-order valence-corrected chi connectivity index (χ0v) is 17.8. The lowest BCUT2D eigenvalue weighted by Crippen LogP contribution is -2.46. The lowest BCUT2D eigenvalue weighted by Gasteiger charge is -2.38. The van der Waals surface area contributed by atoms with E-state index in [1.165, 1.54) is 12.1 Å². The minimum Gasteiger partial charge on any atom is -0.489 e. The maximum atomic E-state index is 13.0. The molecule has 8 heteroatoms. The van der Waals surface area contributed by atoms with Crippen LogP contribution in [0.5, 0.6) is 5.75 Å². The van der Waals surface area contributed by atoms with Crippen LogP contribution in [-0.2, 0) is 13.2 Å². The average Bonchev–Trinajstić information content (AvgIpc) is 2.76. The van der Waals surface area contributed by atoms with Crippen molar-refractivity contribution in [2.24, 2.45) is 0 Å². The third-order valence-electron chi connectivity index (χ3n) is 5.33. The fourth-order valence-electron chi connectivity index (χ4n) is 3.54. The van der Waals surface area contributed by atoms with Crippen molar-refractivity contribution in [3.8, 4) is 5.75 Å². The van der Waals surface area contributed by atoms with Gasteiger partial charge < -0.3 is 25.0 Å². The predicted octanol–water partition coefficient (Wildman–Crippen LogP) is 3.32. The summed E-state index contributed by atoms with van der Waals surface area (Å²) in [6.07, 6.45) is -0.581. The summed E-state index contributed by atoms with van der Waals surface area (Å²) in [5.41, 5.74) is 3.63. The third-order valence-corrected chi connectivity index (χ3v) is 5.33. The van der Waals surface area contributed by atoms with Gasteiger partial charge in [0.15, 0.2) is 5.82 Å². The minimum absolute atomic E-state index is 0.255. The molecule has 0 amide bonds. The van der Waals surface area contributed by atoms with Gasteiger partial charge in [0.25, 0.3) is 0 Å². The fourth-order valence-corrected chi connectivity index (χ4v) is 3.54. The van der Waals surface area contributed by atoms with E-state index in [-0.39, 0.29) is 5.82 Å². The van der Waals surface area contributed by atoms with Crippen molar-refractivity contribution < 1.29 is 14.2 Å². The molecule has 31 heavy (non-hydrogen) atoms. The highest BCUT2D eigenvalue weighted by atomic mass is 19.1. The Bertz CT molecular complexity index is 1040. The Morgan fingerprint density at radius 2 is 1.74 bits per heavy atom. The molecule has 1 aliphatic heterocycles. The van der Waals surface area contributed by atoms with E-state index < -0.39 is 6.23 Å². The van der Waals surface area contributed by atoms with Crippen LogP contribution in [-0.4, -0.2) is 41.9 Å². The van der Waals surface area contributed by atoms with Gasteiger partial charge >= 0.3 is 0 Å². The van der Waals surface area contributed by atoms with E-state index in [4.69, 9.17) is 4.74 Å². The Labute approximate surface area is 181 Å². The smallest absolute Gasteiger partial charge is 0.225 e. The number of rotatable bonds is 6. The van der Waals surface area contributed by atoms with E-state index in [0.717, 1.165) is 34.1 Å². The molecule has 0 saturated carbocycles. The van der Waals surface area contributed by atoms with Crippen LogP contribution >= 0.6 is 0 Å². The first-order valence-corrected chi connectivity index (χ1v) is 10.1. The highest BCUT2D eigenvalue weighted by Gasteiger charge is 2.28. The molecule has 0 radical (unpaired) electrons. The number of hydrogen-bond acceptors (Lipinski definition) is 7. The van der Waals surface area contributed by atoms with Gasteiger partial charge in [-0.05, 0) is 42.3 Å². The van der Waals surface area contributed by atoms with Crippen LogP contribution in [0, 0.1) is 12.7 Å². The monoisotopic (exact) mass is 423 g/mol. The molecule has 2 N–H and O–H groups in total. The van der Waals surface area contributed by atoms with Crippen molar-refractivity contribution >= 4 is 17.5 Å². The SMILES string of the molecule is Cc1nc(NCc2ccc(OCc3ccc(F)cc3)cc2)nc2c1N(C)C(O)CN2C. The van der Waals surface area contributed by atoms with Gasteiger partial charge in [-0.25, -0.2) is 9.37 Å². The molecule has 2 heterocycles. The first kappa shape index (κ1) is 20.9. The number of anilines is 3. The van der Waals surface area contributed by atoms with Crippen molar-refractivity contribution in [2.75, 3.05) is 35.8 Å². The van der Waals surface area contributed by atoms with E-state index in [1.807, 2.05) is 50.2 Å². The molecule has 0 aliphatic carbocycles. The van der Waals surface area contributed by atoms with E-state index in [2.05, 4.69) is 15.3 Å². The largest absolute Gasteiger partial charge is 0.489 e. The topological polar surface area (TPSA) is 73.8 Å². The second-order valence-corrected chi connectivity index (χ2v) is 7.69. The summed E-state index contributed by atoms with van der Waals surface area (Å²) in [5, 5.41) is 13.4. The van der Waals surface area contributed by atoms with Crippen LogP contribution < -0.4 is 19.9 Å². The van der Waals surface area contributed by atoms with Gasteiger partial charge in [-0.2, -0.15) is 4.98 Å². The molecule has 1 atom stereocenters. The summed E-state index contributed by atoms with van der Waals surface area (Å²) in [5.74, 6) is 1.84. The standard InChI is InChI=1S/C23H26FN5O2/c1-15-21-22(28(2)13-20(30)29(21)3)27-23(26-15)25-12-16-6-10-19(11-7-16)31-14-17-4-8-18(24)9-5-17/h4-11,20,30H,12-14H2,1-3H3,(H,25,26,27). The average molecular weight is 423 g/mol. The molecule has 1 aliphatic rings. The van der Waals surface area contributed by atoms with Gasteiger partial charge in [0.1, 0.15) is 30.1 Å². The van der Waals surface area contributed by atoms with Crippen molar-refractivity contribution in [3.63, 3.8) is 0 Å². The predicted molar refractivity (Wildman–Crippen MR) is 119 cm³/mol. The van der Waals surface area contributed by atoms with E-state index >= 15 is 0 Å². The number of nitrogens with zero attached hydrogens (tertiary/aromatic N) is 4. The summed E-state index contributed by atoms with van der Waals surface area (Å²) in [6, 6.07) is 14.1. The van der Waals surface area contributed by atoms with Gasteiger partial charge in [-0.15, -0.1) is 0 Å².